The van der Waals surface area contributed by atoms with Gasteiger partial charge in [0.15, 0.2) is 0 Å². The van der Waals surface area contributed by atoms with E-state index in [1.165, 1.54) is 11.8 Å². The van der Waals surface area contributed by atoms with Gasteiger partial charge in [0, 0.05) is 19.8 Å². The highest BCUT2D eigenvalue weighted by atomic mass is 15.1. The lowest BCUT2D eigenvalue weighted by atomic mass is 10.2. The molecule has 0 aliphatic heterocycles. The summed E-state index contributed by atoms with van der Waals surface area (Å²) in [6.45, 7) is 10.3. The molecule has 0 bridgehead atoms. The Labute approximate surface area is 68.9 Å². The smallest absolute Gasteiger partial charge is 0.0902 e. The van der Waals surface area contributed by atoms with Crippen molar-refractivity contribution in [2.45, 2.75) is 13.3 Å². The van der Waals surface area contributed by atoms with Gasteiger partial charge in [-0.15, -0.1) is 6.58 Å². The van der Waals surface area contributed by atoms with E-state index in [4.69, 9.17) is 0 Å². The minimum atomic E-state index is 0.965. The van der Waals surface area contributed by atoms with Gasteiger partial charge in [0.2, 0.25) is 0 Å². The van der Waals surface area contributed by atoms with E-state index in [-0.39, 0.29) is 0 Å². The minimum Gasteiger partial charge on any atom is -0.365 e. The molecule has 0 amide bonds. The highest BCUT2D eigenvalue weighted by Gasteiger charge is 1.90. The van der Waals surface area contributed by atoms with Crippen molar-refractivity contribution < 1.29 is 0 Å². The lowest BCUT2D eigenvalue weighted by Gasteiger charge is -2.11. The van der Waals surface area contributed by atoms with Crippen molar-refractivity contribution in [1.82, 2.24) is 4.90 Å². The Hall–Kier alpha value is -1.05. The van der Waals surface area contributed by atoms with E-state index in [1.54, 1.807) is 6.34 Å². The van der Waals surface area contributed by atoms with Crippen LogP contribution in [0.15, 0.2) is 29.9 Å². The van der Waals surface area contributed by atoms with Gasteiger partial charge >= 0.3 is 0 Å². The first-order valence-electron chi connectivity index (χ1n) is 3.65. The summed E-state index contributed by atoms with van der Waals surface area (Å²) in [4.78, 5) is 5.90. The number of rotatable bonds is 5. The lowest BCUT2D eigenvalue weighted by molar-refractivity contribution is 0.522. The van der Waals surface area contributed by atoms with Crippen LogP contribution in [0.5, 0.6) is 0 Å². The summed E-state index contributed by atoms with van der Waals surface area (Å²) in [6.07, 6.45) is 4.30. The van der Waals surface area contributed by atoms with E-state index < -0.39 is 0 Å². The molecule has 0 heterocycles. The van der Waals surface area contributed by atoms with Crippen LogP contribution in [0.1, 0.15) is 13.3 Å². The molecule has 2 heteroatoms. The molecule has 0 radical (unpaired) electrons. The van der Waals surface area contributed by atoms with Crippen molar-refractivity contribution in [2.75, 3.05) is 13.6 Å². The van der Waals surface area contributed by atoms with Gasteiger partial charge in [-0.2, -0.15) is 0 Å². The van der Waals surface area contributed by atoms with Crippen LogP contribution in [0, 0.1) is 0 Å². The molecule has 0 aliphatic rings. The summed E-state index contributed by atoms with van der Waals surface area (Å²) in [5.41, 5.74) is 1.20. The van der Waals surface area contributed by atoms with Crippen LogP contribution in [0.25, 0.3) is 0 Å². The Kier molecular flexibility index (Phi) is 5.17. The van der Waals surface area contributed by atoms with Crippen molar-refractivity contribution in [3.8, 4) is 0 Å². The Balaban J connectivity index is 3.51. The molecule has 0 atom stereocenters. The maximum absolute atomic E-state index is 3.88. The van der Waals surface area contributed by atoms with Crippen molar-refractivity contribution in [3.05, 3.63) is 24.9 Å². The molecule has 11 heavy (non-hydrogen) atoms. The average molecular weight is 152 g/mol. The zero-order valence-electron chi connectivity index (χ0n) is 7.38. The molecule has 0 saturated heterocycles. The fourth-order valence-electron chi connectivity index (χ4n) is 0.586. The van der Waals surface area contributed by atoms with Gasteiger partial charge in [0.25, 0.3) is 0 Å². The maximum atomic E-state index is 3.88. The second-order valence-corrected chi connectivity index (χ2v) is 2.63. The van der Waals surface area contributed by atoms with Gasteiger partial charge in [0.1, 0.15) is 0 Å². The Bertz CT molecular complexity index is 159. The maximum Gasteiger partial charge on any atom is 0.0902 e. The Morgan fingerprint density at radius 2 is 2.27 bits per heavy atom. The monoisotopic (exact) mass is 152 g/mol. The van der Waals surface area contributed by atoms with Crippen molar-refractivity contribution in [3.63, 3.8) is 0 Å². The predicted molar refractivity (Wildman–Crippen MR) is 50.8 cm³/mol. The van der Waals surface area contributed by atoms with Crippen LogP contribution in [0.4, 0.5) is 0 Å². The molecule has 0 rings (SSSR count). The quantitative estimate of drug-likeness (QED) is 0.334. The van der Waals surface area contributed by atoms with Crippen LogP contribution in [-0.2, 0) is 0 Å². The first kappa shape index (κ1) is 9.95. The molecule has 0 spiro atoms. The number of nitrogens with zero attached hydrogens (tertiary/aromatic N) is 2. The molecule has 62 valence electrons. The third-order valence-electron chi connectivity index (χ3n) is 1.26. The van der Waals surface area contributed by atoms with Crippen LogP contribution < -0.4 is 0 Å². The fraction of sp³-hybridized carbons (Fsp3) is 0.444. The van der Waals surface area contributed by atoms with E-state index >= 15 is 0 Å². The highest BCUT2D eigenvalue weighted by Crippen LogP contribution is 1.95. The van der Waals surface area contributed by atoms with Crippen LogP contribution in [-0.4, -0.2) is 24.8 Å². The highest BCUT2D eigenvalue weighted by molar-refractivity contribution is 5.55. The molecule has 0 aromatic rings. The van der Waals surface area contributed by atoms with Crippen LogP contribution in [0.3, 0.4) is 0 Å². The normalized spacial score (nSPS) is 10.0. The summed E-state index contributed by atoms with van der Waals surface area (Å²) < 4.78 is 0. The van der Waals surface area contributed by atoms with Crippen LogP contribution >= 0.6 is 0 Å². The average Bonchev–Trinajstić information content (AvgIpc) is 1.97. The van der Waals surface area contributed by atoms with Gasteiger partial charge in [-0.25, -0.2) is 4.99 Å². The number of hydrogen-bond acceptors (Lipinski definition) is 1. The van der Waals surface area contributed by atoms with E-state index in [0.29, 0.717) is 0 Å². The van der Waals surface area contributed by atoms with E-state index in [1.807, 2.05) is 18.9 Å². The summed E-state index contributed by atoms with van der Waals surface area (Å²) in [6, 6.07) is 0. The van der Waals surface area contributed by atoms with Gasteiger partial charge in [-0.1, -0.05) is 12.2 Å². The lowest BCUT2D eigenvalue weighted by Crippen LogP contribution is -2.17. The zero-order valence-corrected chi connectivity index (χ0v) is 7.38. The zero-order chi connectivity index (χ0) is 8.69. The molecule has 0 N–H and O–H groups in total. The molecule has 0 aromatic heterocycles. The third-order valence-corrected chi connectivity index (χ3v) is 1.26. The predicted octanol–water partition coefficient (Wildman–Crippen LogP) is 2.06. The fourth-order valence-corrected chi connectivity index (χ4v) is 0.586. The number of aliphatic imine (C=N–C) groups is 1. The van der Waals surface area contributed by atoms with Gasteiger partial charge < -0.3 is 4.90 Å². The molecule has 0 unspecified atom stereocenters. The summed E-state index contributed by atoms with van der Waals surface area (Å²) >= 11 is 0. The SMILES string of the molecule is C=CN=CN(C)CCC(=C)C. The van der Waals surface area contributed by atoms with Gasteiger partial charge in [-0.3, -0.25) is 0 Å². The first-order chi connectivity index (χ1) is 5.16. The topological polar surface area (TPSA) is 15.6 Å². The molecule has 2 nitrogen and oxygen atoms in total. The molecule has 0 saturated carbocycles. The van der Waals surface area contributed by atoms with E-state index in [2.05, 4.69) is 18.2 Å². The van der Waals surface area contributed by atoms with Crippen molar-refractivity contribution in [2.24, 2.45) is 4.99 Å². The molecule has 0 aliphatic carbocycles. The summed E-state index contributed by atoms with van der Waals surface area (Å²) in [7, 11) is 1.98. The molecule has 0 aromatic carbocycles. The standard InChI is InChI=1S/C9H16N2/c1-5-10-8-11(4)7-6-9(2)3/h5,8H,1-2,6-7H2,3-4H3. The second-order valence-electron chi connectivity index (χ2n) is 2.63. The number of hydrogen-bond donors (Lipinski definition) is 0. The second kappa shape index (κ2) is 5.71. The molecular weight excluding hydrogens is 136 g/mol. The van der Waals surface area contributed by atoms with Crippen molar-refractivity contribution >= 4 is 6.34 Å². The summed E-state index contributed by atoms with van der Waals surface area (Å²) in [5, 5.41) is 0. The van der Waals surface area contributed by atoms with Crippen LogP contribution in [0.2, 0.25) is 0 Å². The minimum absolute atomic E-state index is 0.965. The third kappa shape index (κ3) is 6.84. The van der Waals surface area contributed by atoms with Gasteiger partial charge in [-0.05, 0) is 13.3 Å². The van der Waals surface area contributed by atoms with E-state index in [0.717, 1.165) is 13.0 Å². The van der Waals surface area contributed by atoms with Crippen molar-refractivity contribution in [1.29, 1.82) is 0 Å². The molecular formula is C9H16N2. The van der Waals surface area contributed by atoms with E-state index in [9.17, 15) is 0 Å². The largest absolute Gasteiger partial charge is 0.365 e. The van der Waals surface area contributed by atoms with Gasteiger partial charge in [0.05, 0.1) is 6.34 Å². The molecule has 0 fully saturated rings. The summed E-state index contributed by atoms with van der Waals surface area (Å²) in [5.74, 6) is 0. The Morgan fingerprint density at radius 1 is 1.64 bits per heavy atom. The first-order valence-corrected chi connectivity index (χ1v) is 3.65. The Morgan fingerprint density at radius 3 is 2.73 bits per heavy atom.